The van der Waals surface area contributed by atoms with Crippen molar-refractivity contribution < 1.29 is 0 Å². The molecule has 2 aliphatic rings. The van der Waals surface area contributed by atoms with E-state index in [1.807, 2.05) is 0 Å². The lowest BCUT2D eigenvalue weighted by molar-refractivity contribution is 0.975. The lowest BCUT2D eigenvalue weighted by atomic mass is 9.33. The largest absolute Gasteiger partial charge is 0.338 e. The molecule has 0 aliphatic carbocycles. The molecule has 0 amide bonds. The number of nitrogens with zero attached hydrogens (tertiary/aromatic N) is 2. The van der Waals surface area contributed by atoms with Crippen LogP contribution in [0.1, 0.15) is 33.4 Å². The van der Waals surface area contributed by atoms with E-state index < -0.39 is 0 Å². The zero-order valence-corrected chi connectivity index (χ0v) is 23.4. The van der Waals surface area contributed by atoms with E-state index in [-0.39, 0.29) is 6.71 Å². The summed E-state index contributed by atoms with van der Waals surface area (Å²) >= 11 is 0. The molecule has 5 aromatic carbocycles. The van der Waals surface area contributed by atoms with Gasteiger partial charge in [-0.1, -0.05) is 82.9 Å². The lowest BCUT2D eigenvalue weighted by Gasteiger charge is -2.44. The number of rotatable bonds is 3. The van der Waals surface area contributed by atoms with Gasteiger partial charge < -0.3 is 9.80 Å². The van der Waals surface area contributed by atoms with E-state index in [0.717, 1.165) is 6.54 Å². The molecule has 2 nitrogen and oxygen atoms in total. The molecule has 0 saturated heterocycles. The summed E-state index contributed by atoms with van der Waals surface area (Å²) < 4.78 is 0. The maximum Gasteiger partial charge on any atom is 0.252 e. The van der Waals surface area contributed by atoms with Crippen LogP contribution >= 0.6 is 0 Å². The highest BCUT2D eigenvalue weighted by molar-refractivity contribution is 7.00. The molecular formula is C36H33BN2. The normalized spacial score (nSPS) is 13.2. The Balaban J connectivity index is 1.53. The van der Waals surface area contributed by atoms with Crippen molar-refractivity contribution in [2.24, 2.45) is 0 Å². The zero-order valence-electron chi connectivity index (χ0n) is 23.4. The molecule has 0 bridgehead atoms. The minimum Gasteiger partial charge on any atom is -0.338 e. The second kappa shape index (κ2) is 8.91. The first-order valence-corrected chi connectivity index (χ1v) is 13.9. The Labute approximate surface area is 232 Å². The molecule has 0 spiro atoms. The van der Waals surface area contributed by atoms with Crippen LogP contribution in [0.3, 0.4) is 0 Å². The summed E-state index contributed by atoms with van der Waals surface area (Å²) in [5, 5.41) is 0. The quantitative estimate of drug-likeness (QED) is 0.236. The van der Waals surface area contributed by atoms with Gasteiger partial charge in [0.2, 0.25) is 0 Å². The van der Waals surface area contributed by atoms with Gasteiger partial charge in [0.05, 0.1) is 0 Å². The molecule has 7 rings (SSSR count). The molecule has 2 aliphatic heterocycles. The molecule has 2 heterocycles. The van der Waals surface area contributed by atoms with Crippen LogP contribution in [0.2, 0.25) is 0 Å². The van der Waals surface area contributed by atoms with Crippen molar-refractivity contribution in [3.63, 3.8) is 0 Å². The third kappa shape index (κ3) is 3.88. The Morgan fingerprint density at radius 1 is 0.487 bits per heavy atom. The van der Waals surface area contributed by atoms with Gasteiger partial charge in [0.25, 0.3) is 6.71 Å². The Morgan fingerprint density at radius 2 is 1.03 bits per heavy atom. The first kappa shape index (κ1) is 23.9. The van der Waals surface area contributed by atoms with Crippen LogP contribution in [0.25, 0.3) is 0 Å². The second-order valence-electron chi connectivity index (χ2n) is 11.5. The summed E-state index contributed by atoms with van der Waals surface area (Å²) in [5.74, 6) is 0. The number of benzene rings is 5. The van der Waals surface area contributed by atoms with E-state index in [9.17, 15) is 0 Å². The van der Waals surface area contributed by atoms with Gasteiger partial charge in [-0.15, -0.1) is 0 Å². The second-order valence-corrected chi connectivity index (χ2v) is 11.5. The molecule has 190 valence electrons. The molecular weight excluding hydrogens is 471 g/mol. The highest BCUT2D eigenvalue weighted by atomic mass is 15.2. The average Bonchev–Trinajstić information content (AvgIpc) is 2.92. The number of fused-ring (bicyclic) bond motifs is 4. The molecule has 0 saturated carbocycles. The van der Waals surface area contributed by atoms with Gasteiger partial charge in [-0.05, 0) is 98.5 Å². The smallest absolute Gasteiger partial charge is 0.252 e. The predicted octanol–water partition coefficient (Wildman–Crippen LogP) is 7.18. The molecule has 0 aromatic heterocycles. The van der Waals surface area contributed by atoms with Crippen LogP contribution in [0.15, 0.2) is 97.1 Å². The van der Waals surface area contributed by atoms with Crippen LogP contribution in [-0.4, -0.2) is 6.71 Å². The van der Waals surface area contributed by atoms with Gasteiger partial charge in [0, 0.05) is 35.0 Å². The fourth-order valence-corrected chi connectivity index (χ4v) is 6.48. The highest BCUT2D eigenvalue weighted by Gasteiger charge is 2.43. The molecule has 0 fully saturated rings. The van der Waals surface area contributed by atoms with Crippen molar-refractivity contribution in [2.75, 3.05) is 9.80 Å². The van der Waals surface area contributed by atoms with Crippen molar-refractivity contribution in [1.29, 1.82) is 0 Å². The Hall–Kier alpha value is -4.24. The fraction of sp³-hybridized carbons (Fsp3) is 0.167. The minimum atomic E-state index is 0.191. The molecule has 5 aromatic rings. The summed E-state index contributed by atoms with van der Waals surface area (Å²) in [6, 6.07) is 36.8. The Bertz CT molecular complexity index is 1730. The topological polar surface area (TPSA) is 6.48 Å². The van der Waals surface area contributed by atoms with Gasteiger partial charge in [-0.25, -0.2) is 0 Å². The van der Waals surface area contributed by atoms with Gasteiger partial charge >= 0.3 is 0 Å². The van der Waals surface area contributed by atoms with E-state index in [4.69, 9.17) is 0 Å². The molecule has 0 unspecified atom stereocenters. The SMILES string of the molecule is Cc1ccc(CN2c3ccc(C)cc3B3c4cc(C)ccc4N(c4ccc(C)cc4)c4cc(C)cc2c43)cc1. The Kier molecular flexibility index (Phi) is 5.45. The highest BCUT2D eigenvalue weighted by Crippen LogP contribution is 2.42. The molecule has 0 atom stereocenters. The van der Waals surface area contributed by atoms with Crippen LogP contribution in [0.4, 0.5) is 28.4 Å². The third-order valence-electron chi connectivity index (χ3n) is 8.37. The number of hydrogen-bond donors (Lipinski definition) is 0. The summed E-state index contributed by atoms with van der Waals surface area (Å²) in [6.45, 7) is 12.0. The van der Waals surface area contributed by atoms with E-state index in [1.165, 1.54) is 78.2 Å². The maximum atomic E-state index is 2.55. The summed E-state index contributed by atoms with van der Waals surface area (Å²) in [4.78, 5) is 5.04. The molecule has 0 radical (unpaired) electrons. The number of anilines is 5. The molecule has 0 N–H and O–H groups in total. The lowest BCUT2D eigenvalue weighted by Crippen LogP contribution is -2.62. The number of hydrogen-bond acceptors (Lipinski definition) is 2. The zero-order chi connectivity index (χ0) is 26.8. The summed E-state index contributed by atoms with van der Waals surface area (Å²) in [7, 11) is 0. The van der Waals surface area contributed by atoms with Gasteiger partial charge in [-0.3, -0.25) is 0 Å². The average molecular weight is 504 g/mol. The third-order valence-corrected chi connectivity index (χ3v) is 8.37. The van der Waals surface area contributed by atoms with Crippen LogP contribution in [0, 0.1) is 34.6 Å². The standard InChI is InChI=1S/C36H33BN2/c1-23-6-12-28(13-7-23)22-38-32-16-10-25(3)18-30(32)37-31-19-26(4)11-17-33(31)39(29-14-8-24(2)9-15-29)35-21-27(5)20-34(38)36(35)37/h6-21H,22H2,1-5H3. The van der Waals surface area contributed by atoms with E-state index >= 15 is 0 Å². The maximum absolute atomic E-state index is 2.55. The predicted molar refractivity (Wildman–Crippen MR) is 168 cm³/mol. The summed E-state index contributed by atoms with van der Waals surface area (Å²) in [6.07, 6.45) is 0. The van der Waals surface area contributed by atoms with E-state index in [1.54, 1.807) is 0 Å². The van der Waals surface area contributed by atoms with E-state index in [2.05, 4.69) is 141 Å². The minimum absolute atomic E-state index is 0.191. The molecule has 39 heavy (non-hydrogen) atoms. The van der Waals surface area contributed by atoms with Gasteiger partial charge in [0.15, 0.2) is 0 Å². The van der Waals surface area contributed by atoms with Crippen molar-refractivity contribution in [2.45, 2.75) is 41.2 Å². The van der Waals surface area contributed by atoms with Crippen LogP contribution in [-0.2, 0) is 6.54 Å². The van der Waals surface area contributed by atoms with Crippen LogP contribution in [0.5, 0.6) is 0 Å². The first-order valence-electron chi connectivity index (χ1n) is 13.9. The summed E-state index contributed by atoms with van der Waals surface area (Å²) in [5.41, 5.74) is 18.4. The monoisotopic (exact) mass is 504 g/mol. The molecule has 3 heteroatoms. The van der Waals surface area contributed by atoms with Crippen LogP contribution < -0.4 is 26.2 Å². The van der Waals surface area contributed by atoms with E-state index in [0.29, 0.717) is 0 Å². The van der Waals surface area contributed by atoms with Gasteiger partial charge in [0.1, 0.15) is 0 Å². The Morgan fingerprint density at radius 3 is 1.69 bits per heavy atom. The van der Waals surface area contributed by atoms with Crippen molar-refractivity contribution in [3.8, 4) is 0 Å². The number of aryl methyl sites for hydroxylation is 5. The van der Waals surface area contributed by atoms with Crippen molar-refractivity contribution >= 4 is 51.5 Å². The first-order chi connectivity index (χ1) is 18.9. The van der Waals surface area contributed by atoms with Gasteiger partial charge in [-0.2, -0.15) is 0 Å². The fourth-order valence-electron chi connectivity index (χ4n) is 6.48. The van der Waals surface area contributed by atoms with Crippen molar-refractivity contribution in [1.82, 2.24) is 0 Å². The van der Waals surface area contributed by atoms with Crippen molar-refractivity contribution in [3.05, 3.63) is 130 Å².